The Morgan fingerprint density at radius 2 is 0.780 bits per heavy atom. The maximum Gasteiger partial charge on any atom is 0.0692 e. The summed E-state index contributed by atoms with van der Waals surface area (Å²) in [5.74, 6) is 0. The summed E-state index contributed by atoms with van der Waals surface area (Å²) < 4.78 is 0. The molecule has 0 fully saturated rings. The van der Waals surface area contributed by atoms with Crippen LogP contribution in [-0.4, -0.2) is 0 Å². The Kier molecular flexibility index (Phi) is 6.50. The van der Waals surface area contributed by atoms with Gasteiger partial charge in [0.2, 0.25) is 0 Å². The van der Waals surface area contributed by atoms with E-state index in [1.165, 1.54) is 44.5 Å². The van der Waals surface area contributed by atoms with Crippen LogP contribution in [0.4, 0.5) is 34.1 Å². The molecular formula is C48H34N2. The Balaban J connectivity index is 1.14. The third kappa shape index (κ3) is 4.15. The lowest BCUT2D eigenvalue weighted by atomic mass is 9.69. The van der Waals surface area contributed by atoms with Gasteiger partial charge in [-0.1, -0.05) is 121 Å². The molecule has 0 N–H and O–H groups in total. The smallest absolute Gasteiger partial charge is 0.0692 e. The summed E-state index contributed by atoms with van der Waals surface area (Å²) in [6.07, 6.45) is 5.66. The number of anilines is 6. The second-order valence-electron chi connectivity index (χ2n) is 13.3. The molecule has 0 saturated carbocycles. The Bertz CT molecular complexity index is 2360. The van der Waals surface area contributed by atoms with Crippen molar-refractivity contribution in [2.45, 2.75) is 11.8 Å². The average Bonchev–Trinajstić information content (AvgIpc) is 3.86. The highest BCUT2D eigenvalue weighted by Gasteiger charge is 2.53. The van der Waals surface area contributed by atoms with Crippen LogP contribution in [-0.2, 0) is 5.41 Å². The van der Waals surface area contributed by atoms with E-state index in [2.05, 4.69) is 204 Å². The molecule has 0 bridgehead atoms. The van der Waals surface area contributed by atoms with Crippen molar-refractivity contribution in [3.05, 3.63) is 222 Å². The van der Waals surface area contributed by atoms with E-state index < -0.39 is 0 Å². The maximum atomic E-state index is 2.47. The van der Waals surface area contributed by atoms with E-state index in [0.29, 0.717) is 0 Å². The van der Waals surface area contributed by atoms with Gasteiger partial charge in [0.05, 0.1) is 5.41 Å². The first-order valence-electron chi connectivity index (χ1n) is 17.4. The zero-order valence-corrected chi connectivity index (χ0v) is 27.6. The maximum absolute atomic E-state index is 2.47. The van der Waals surface area contributed by atoms with Crippen LogP contribution < -0.4 is 9.80 Å². The molecule has 236 valence electrons. The Morgan fingerprint density at radius 1 is 0.360 bits per heavy atom. The lowest BCUT2D eigenvalue weighted by Gasteiger charge is -2.33. The molecule has 50 heavy (non-hydrogen) atoms. The summed E-state index contributed by atoms with van der Waals surface area (Å²) in [5.41, 5.74) is 17.5. The van der Waals surface area contributed by atoms with Gasteiger partial charge in [-0.2, -0.15) is 0 Å². The fourth-order valence-electron chi connectivity index (χ4n) is 8.72. The predicted octanol–water partition coefficient (Wildman–Crippen LogP) is 12.7. The van der Waals surface area contributed by atoms with Crippen LogP contribution in [0, 0.1) is 0 Å². The first kappa shape index (κ1) is 28.6. The fraction of sp³-hybridized carbons (Fsp3) is 0.0417. The van der Waals surface area contributed by atoms with Gasteiger partial charge >= 0.3 is 0 Å². The van der Waals surface area contributed by atoms with Gasteiger partial charge in [-0.05, 0) is 124 Å². The minimum absolute atomic E-state index is 0.310. The highest BCUT2D eigenvalue weighted by molar-refractivity contribution is 5.99. The van der Waals surface area contributed by atoms with Crippen molar-refractivity contribution in [2.24, 2.45) is 0 Å². The minimum atomic E-state index is -0.310. The number of rotatable bonds is 6. The summed E-state index contributed by atoms with van der Waals surface area (Å²) in [6, 6.07) is 66.2. The third-order valence-electron chi connectivity index (χ3n) is 10.7. The zero-order chi connectivity index (χ0) is 33.1. The van der Waals surface area contributed by atoms with Gasteiger partial charge in [-0.15, -0.1) is 0 Å². The van der Waals surface area contributed by atoms with Crippen molar-refractivity contribution < 1.29 is 0 Å². The molecule has 7 aromatic rings. The van der Waals surface area contributed by atoms with Crippen LogP contribution in [0.5, 0.6) is 0 Å². The second kappa shape index (κ2) is 11.4. The molecule has 2 heteroatoms. The summed E-state index contributed by atoms with van der Waals surface area (Å²) in [4.78, 5) is 4.71. The summed E-state index contributed by atoms with van der Waals surface area (Å²) in [5, 5.41) is 0. The molecule has 0 heterocycles. The average molecular weight is 639 g/mol. The lowest BCUT2D eigenvalue weighted by Crippen LogP contribution is -2.27. The summed E-state index contributed by atoms with van der Waals surface area (Å²) in [6.45, 7) is 0. The largest absolute Gasteiger partial charge is 0.311 e. The fourth-order valence-corrected chi connectivity index (χ4v) is 8.72. The zero-order valence-electron chi connectivity index (χ0n) is 27.6. The summed E-state index contributed by atoms with van der Waals surface area (Å²) >= 11 is 0. The van der Waals surface area contributed by atoms with Crippen LogP contribution in [0.25, 0.3) is 16.7 Å². The normalized spacial score (nSPS) is 14.3. The molecule has 10 rings (SSSR count). The van der Waals surface area contributed by atoms with E-state index in [-0.39, 0.29) is 5.41 Å². The van der Waals surface area contributed by atoms with Gasteiger partial charge in [0.1, 0.15) is 0 Å². The summed E-state index contributed by atoms with van der Waals surface area (Å²) in [7, 11) is 0. The van der Waals surface area contributed by atoms with Gasteiger partial charge in [-0.25, -0.2) is 0 Å². The van der Waals surface area contributed by atoms with Crippen LogP contribution in [0.15, 0.2) is 200 Å². The van der Waals surface area contributed by atoms with Crippen molar-refractivity contribution in [2.75, 3.05) is 9.80 Å². The van der Waals surface area contributed by atoms with Crippen molar-refractivity contribution >= 4 is 39.7 Å². The Hall–Kier alpha value is -6.38. The van der Waals surface area contributed by atoms with E-state index in [4.69, 9.17) is 0 Å². The molecule has 0 atom stereocenters. The Morgan fingerprint density at radius 3 is 1.30 bits per heavy atom. The van der Waals surface area contributed by atoms with Crippen molar-refractivity contribution in [1.82, 2.24) is 0 Å². The van der Waals surface area contributed by atoms with Gasteiger partial charge in [-0.3, -0.25) is 0 Å². The van der Waals surface area contributed by atoms with E-state index in [1.807, 2.05) is 0 Å². The molecule has 1 spiro atoms. The molecule has 0 unspecified atom stereocenters. The molecule has 3 aliphatic rings. The van der Waals surface area contributed by atoms with E-state index in [0.717, 1.165) is 40.5 Å². The van der Waals surface area contributed by atoms with Crippen LogP contribution in [0.1, 0.15) is 28.7 Å². The molecule has 0 aliphatic heterocycles. The first-order chi connectivity index (χ1) is 24.8. The molecule has 0 amide bonds. The third-order valence-corrected chi connectivity index (χ3v) is 10.7. The standard InChI is InChI=1S/C48H34N2/c1-4-15-34(16-5-1)49(35-17-6-2-7-18-35)37-27-29-38(30-28-37)50(36-19-8-3-9-20-36)39-31-32-43-42-23-14-26-46(42)48(47(43)33-39)44-24-12-10-21-40(44)41-22-11-13-25-45(41)48/h1-25,27-33H,26H2. The number of hydrogen-bond donors (Lipinski definition) is 0. The SMILES string of the molecule is C1=CC2=C(C1)C1(c3cc(N(c4ccccc4)c4ccc(N(c5ccccc5)c5ccccc5)cc4)ccc32)c2ccccc2-c2ccccc21. The number of allylic oxidation sites excluding steroid dienone is 4. The van der Waals surface area contributed by atoms with Gasteiger partial charge in [0.15, 0.2) is 0 Å². The quantitative estimate of drug-likeness (QED) is 0.179. The van der Waals surface area contributed by atoms with E-state index in [1.54, 1.807) is 0 Å². The second-order valence-corrected chi connectivity index (χ2v) is 13.3. The Labute approximate surface area is 293 Å². The predicted molar refractivity (Wildman–Crippen MR) is 208 cm³/mol. The van der Waals surface area contributed by atoms with Gasteiger partial charge < -0.3 is 9.80 Å². The molecule has 0 aromatic heterocycles. The molecule has 3 aliphatic carbocycles. The molecule has 7 aromatic carbocycles. The van der Waals surface area contributed by atoms with E-state index in [9.17, 15) is 0 Å². The van der Waals surface area contributed by atoms with Crippen LogP contribution in [0.3, 0.4) is 0 Å². The van der Waals surface area contributed by atoms with Crippen molar-refractivity contribution in [3.8, 4) is 11.1 Å². The van der Waals surface area contributed by atoms with Gasteiger partial charge in [0.25, 0.3) is 0 Å². The number of para-hydroxylation sites is 3. The number of hydrogen-bond acceptors (Lipinski definition) is 2. The minimum Gasteiger partial charge on any atom is -0.311 e. The molecular weight excluding hydrogens is 605 g/mol. The van der Waals surface area contributed by atoms with Crippen LogP contribution >= 0.6 is 0 Å². The van der Waals surface area contributed by atoms with Crippen LogP contribution in [0.2, 0.25) is 0 Å². The van der Waals surface area contributed by atoms with Crippen molar-refractivity contribution in [1.29, 1.82) is 0 Å². The van der Waals surface area contributed by atoms with Gasteiger partial charge in [0, 0.05) is 34.1 Å². The highest BCUT2D eigenvalue weighted by atomic mass is 15.2. The van der Waals surface area contributed by atoms with E-state index >= 15 is 0 Å². The monoisotopic (exact) mass is 638 g/mol. The number of nitrogens with zero attached hydrogens (tertiary/aromatic N) is 2. The number of benzene rings is 7. The first-order valence-corrected chi connectivity index (χ1v) is 17.4. The number of fused-ring (bicyclic) bond motifs is 9. The molecule has 0 radical (unpaired) electrons. The topological polar surface area (TPSA) is 6.48 Å². The molecule has 0 saturated heterocycles. The highest BCUT2D eigenvalue weighted by Crippen LogP contribution is 2.64. The lowest BCUT2D eigenvalue weighted by molar-refractivity contribution is 0.749. The van der Waals surface area contributed by atoms with Crippen molar-refractivity contribution in [3.63, 3.8) is 0 Å². The molecule has 2 nitrogen and oxygen atoms in total.